The van der Waals surface area contributed by atoms with Gasteiger partial charge in [0.1, 0.15) is 0 Å². The molecule has 0 heterocycles. The summed E-state index contributed by atoms with van der Waals surface area (Å²) in [6, 6.07) is 0. The van der Waals surface area contributed by atoms with Crippen LogP contribution < -0.4 is 0 Å². The number of rotatable bonds is 0. The molecular formula is H8BBiPbSi. The summed E-state index contributed by atoms with van der Waals surface area (Å²) in [6.45, 7) is 0. The van der Waals surface area contributed by atoms with Gasteiger partial charge < -0.3 is 0 Å². The second-order valence-electron chi connectivity index (χ2n) is 0. The van der Waals surface area contributed by atoms with Gasteiger partial charge in [0.2, 0.25) is 0 Å². The minimum absolute atomic E-state index is 0. The molecule has 0 unspecified atom stereocenters. The van der Waals surface area contributed by atoms with Gasteiger partial charge in [0.05, 0.1) is 0 Å². The molecule has 0 fully saturated rings. The van der Waals surface area contributed by atoms with Crippen molar-refractivity contribution >= 4 is 71.1 Å². The molecular weight excluding hydrogens is 455 g/mol. The van der Waals surface area contributed by atoms with Gasteiger partial charge in [0, 0.05) is 7.44 Å². The molecule has 0 aliphatic heterocycles. The van der Waals surface area contributed by atoms with E-state index < -0.39 is 0 Å². The zero-order chi connectivity index (χ0) is 2.00. The third-order valence-corrected chi connectivity index (χ3v) is 0. The Bertz CT molecular complexity index is 8.00. The molecule has 4 heteroatoms. The van der Waals surface area contributed by atoms with Crippen LogP contribution in [0.25, 0.3) is 0 Å². The van der Waals surface area contributed by atoms with Crippen LogP contribution in [0.3, 0.4) is 0 Å². The van der Waals surface area contributed by atoms with Crippen LogP contribution in [-0.4, -0.2) is 71.1 Å². The Kier molecular flexibility index (Phi) is 80.6. The van der Waals surface area contributed by atoms with Crippen molar-refractivity contribution in [1.82, 2.24) is 0 Å². The zero-order valence-corrected chi connectivity index (χ0v) is 16.0. The molecule has 4 radical (unpaired) electrons. The van der Waals surface area contributed by atoms with Crippen molar-refractivity contribution < 1.29 is 0 Å². The SMILES string of the molecule is [B][SiH3].[BiH3].[PbH2]. The average Bonchev–Trinajstić information content (AvgIpc) is 1.00. The van der Waals surface area contributed by atoms with Crippen LogP contribution in [-0.2, 0) is 0 Å². The van der Waals surface area contributed by atoms with E-state index in [9.17, 15) is 0 Å². The standard InChI is InChI=1S/BH3Si.Bi.Pb.5H/c1-2;;;;;;;/h2H3;;;;;;;. The van der Waals surface area contributed by atoms with Gasteiger partial charge >= 0.3 is 53.5 Å². The van der Waals surface area contributed by atoms with Gasteiger partial charge in [0.15, 0.2) is 0 Å². The molecule has 0 saturated heterocycles. The molecule has 0 aromatic carbocycles. The van der Waals surface area contributed by atoms with Gasteiger partial charge in [-0.05, 0) is 10.1 Å². The molecule has 0 spiro atoms. The predicted octanol–water partition coefficient (Wildman–Crippen LogP) is -3.66. The van der Waals surface area contributed by atoms with Crippen molar-refractivity contribution in [2.45, 2.75) is 0 Å². The maximum absolute atomic E-state index is 4.64. The van der Waals surface area contributed by atoms with E-state index >= 15 is 0 Å². The van der Waals surface area contributed by atoms with Crippen LogP contribution in [0, 0.1) is 0 Å². The Hall–Kier alpha value is 2.09. The molecule has 0 N–H and O–H groups in total. The van der Waals surface area contributed by atoms with Gasteiger partial charge in [-0.2, -0.15) is 0 Å². The minimum atomic E-state index is 0. The number of hydrogen-bond donors (Lipinski definition) is 0. The fraction of sp³-hybridized carbons (Fsp3) is 0. The second kappa shape index (κ2) is 19.5. The van der Waals surface area contributed by atoms with E-state index in [2.05, 4.69) is 7.44 Å². The van der Waals surface area contributed by atoms with Gasteiger partial charge in [-0.3, -0.25) is 0 Å². The predicted molar refractivity (Wildman–Crippen MR) is 34.2 cm³/mol. The van der Waals surface area contributed by atoms with E-state index in [4.69, 9.17) is 0 Å². The van der Waals surface area contributed by atoms with Crippen molar-refractivity contribution in [3.8, 4) is 0 Å². The Morgan fingerprint density at radius 1 is 1.25 bits per heavy atom. The van der Waals surface area contributed by atoms with E-state index in [0.717, 1.165) is 10.1 Å². The van der Waals surface area contributed by atoms with Gasteiger partial charge in [-0.25, -0.2) is 0 Å². The summed E-state index contributed by atoms with van der Waals surface area (Å²) in [7, 11) is 5.44. The number of hydrogen-bond acceptors (Lipinski definition) is 0. The molecule has 0 aliphatic rings. The van der Waals surface area contributed by atoms with Crippen LogP contribution in [0.4, 0.5) is 0 Å². The fourth-order valence-corrected chi connectivity index (χ4v) is 0. The van der Waals surface area contributed by atoms with E-state index in [-0.39, 0.29) is 53.5 Å². The average molecular weight is 463 g/mol. The van der Waals surface area contributed by atoms with Crippen molar-refractivity contribution in [2.24, 2.45) is 0 Å². The first kappa shape index (κ1) is 16.5. The van der Waals surface area contributed by atoms with Crippen LogP contribution >= 0.6 is 0 Å². The summed E-state index contributed by atoms with van der Waals surface area (Å²) in [5.74, 6) is 0. The van der Waals surface area contributed by atoms with Crippen LogP contribution in [0.1, 0.15) is 0 Å². The summed E-state index contributed by atoms with van der Waals surface area (Å²) in [4.78, 5) is 0. The molecule has 0 nitrogen and oxygen atoms in total. The van der Waals surface area contributed by atoms with Gasteiger partial charge in [-0.15, -0.1) is 0 Å². The Labute approximate surface area is 70.2 Å². The molecule has 0 aliphatic carbocycles. The fourth-order valence-electron chi connectivity index (χ4n) is 0. The monoisotopic (exact) mass is 464 g/mol. The van der Waals surface area contributed by atoms with Crippen molar-refractivity contribution in [2.75, 3.05) is 0 Å². The van der Waals surface area contributed by atoms with Crippen LogP contribution in [0.15, 0.2) is 0 Å². The Balaban J connectivity index is -0.00000000500. The molecule has 4 heavy (non-hydrogen) atoms. The van der Waals surface area contributed by atoms with E-state index in [1.54, 1.807) is 0 Å². The van der Waals surface area contributed by atoms with E-state index in [0.29, 0.717) is 0 Å². The van der Waals surface area contributed by atoms with Crippen LogP contribution in [0.2, 0.25) is 0 Å². The maximum atomic E-state index is 4.64. The first-order chi connectivity index (χ1) is 1.00. The molecule has 0 rings (SSSR count). The van der Waals surface area contributed by atoms with Crippen LogP contribution in [0.5, 0.6) is 0 Å². The topological polar surface area (TPSA) is 0 Å². The molecule has 0 atom stereocenters. The zero-order valence-electron chi connectivity index (χ0n) is 2.99. The molecule has 0 saturated carbocycles. The van der Waals surface area contributed by atoms with E-state index in [1.165, 1.54) is 0 Å². The van der Waals surface area contributed by atoms with Crippen molar-refractivity contribution in [3.63, 3.8) is 0 Å². The third kappa shape index (κ3) is 8.94. The van der Waals surface area contributed by atoms with Gasteiger partial charge in [-0.1, -0.05) is 0 Å². The molecule has 24 valence electrons. The molecule has 0 amide bonds. The quantitative estimate of drug-likeness (QED) is 0.325. The van der Waals surface area contributed by atoms with E-state index in [1.807, 2.05) is 0 Å². The summed E-state index contributed by atoms with van der Waals surface area (Å²) in [6.07, 6.45) is 0. The summed E-state index contributed by atoms with van der Waals surface area (Å²) >= 11 is 0. The van der Waals surface area contributed by atoms with Crippen molar-refractivity contribution in [3.05, 3.63) is 0 Å². The summed E-state index contributed by atoms with van der Waals surface area (Å²) < 4.78 is 0. The first-order valence-corrected chi connectivity index (χ1v) is 1.73. The molecule has 0 bridgehead atoms. The third-order valence-electron chi connectivity index (χ3n) is 0. The first-order valence-electron chi connectivity index (χ1n) is 0.577. The second-order valence-corrected chi connectivity index (χ2v) is 0. The summed E-state index contributed by atoms with van der Waals surface area (Å²) in [5, 5.41) is 0. The van der Waals surface area contributed by atoms with Crippen molar-refractivity contribution in [1.29, 1.82) is 0 Å². The normalized spacial score (nSPS) is 2.00. The summed E-state index contributed by atoms with van der Waals surface area (Å²) in [5.41, 5.74) is 0. The Morgan fingerprint density at radius 3 is 1.25 bits per heavy atom. The molecule has 0 aromatic heterocycles. The Morgan fingerprint density at radius 2 is 1.25 bits per heavy atom. The molecule has 0 aromatic rings. The van der Waals surface area contributed by atoms with Gasteiger partial charge in [0.25, 0.3) is 0 Å².